The Hall–Kier alpha value is -2.83. The van der Waals surface area contributed by atoms with Gasteiger partial charge in [0.25, 0.3) is 15.9 Å². The third-order valence-corrected chi connectivity index (χ3v) is 6.54. The van der Waals surface area contributed by atoms with Crippen LogP contribution in [0.4, 0.5) is 11.4 Å². The van der Waals surface area contributed by atoms with E-state index < -0.39 is 10.0 Å². The molecule has 4 rings (SSSR count). The van der Waals surface area contributed by atoms with Crippen molar-refractivity contribution >= 4 is 44.2 Å². The van der Waals surface area contributed by atoms with Crippen LogP contribution >= 0.6 is 11.8 Å². The summed E-state index contributed by atoms with van der Waals surface area (Å²) in [6.45, 7) is 0.363. The summed E-state index contributed by atoms with van der Waals surface area (Å²) in [4.78, 5) is 15.2. The first-order valence-electron chi connectivity index (χ1n) is 8.14. The van der Waals surface area contributed by atoms with E-state index in [0.29, 0.717) is 29.4 Å². The number of benzene rings is 2. The third-order valence-electron chi connectivity index (χ3n) is 4.23. The molecule has 9 heteroatoms. The van der Waals surface area contributed by atoms with Gasteiger partial charge in [0.15, 0.2) is 5.17 Å². The Morgan fingerprint density at radius 3 is 2.78 bits per heavy atom. The molecule has 2 aromatic carbocycles. The molecule has 2 heterocycles. The lowest BCUT2D eigenvalue weighted by Gasteiger charge is -2.22. The number of fused-ring (bicyclic) bond motifs is 3. The minimum atomic E-state index is -3.40. The van der Waals surface area contributed by atoms with E-state index in [0.717, 1.165) is 16.1 Å². The average molecular weight is 398 g/mol. The van der Waals surface area contributed by atoms with Crippen LogP contribution in [0.25, 0.3) is 0 Å². The van der Waals surface area contributed by atoms with Crippen molar-refractivity contribution < 1.29 is 13.2 Å². The van der Waals surface area contributed by atoms with Crippen molar-refractivity contribution in [2.45, 2.75) is 11.3 Å². The zero-order valence-corrected chi connectivity index (χ0v) is 15.7. The van der Waals surface area contributed by atoms with Gasteiger partial charge in [-0.2, -0.15) is 5.26 Å². The summed E-state index contributed by atoms with van der Waals surface area (Å²) < 4.78 is 27.2. The zero-order chi connectivity index (χ0) is 19.0. The number of hydrogen-bond acceptors (Lipinski definition) is 6. The zero-order valence-electron chi connectivity index (χ0n) is 14.0. The predicted octanol–water partition coefficient (Wildman–Crippen LogP) is 2.62. The van der Waals surface area contributed by atoms with Gasteiger partial charge in [-0.15, -0.1) is 4.40 Å². The number of anilines is 2. The van der Waals surface area contributed by atoms with Crippen LogP contribution in [-0.4, -0.2) is 31.8 Å². The highest BCUT2D eigenvalue weighted by molar-refractivity contribution is 8.15. The quantitative estimate of drug-likeness (QED) is 0.853. The highest BCUT2D eigenvalue weighted by Gasteiger charge is 2.33. The van der Waals surface area contributed by atoms with Crippen molar-refractivity contribution in [2.24, 2.45) is 4.40 Å². The minimum Gasteiger partial charge on any atom is -0.322 e. The van der Waals surface area contributed by atoms with Gasteiger partial charge in [-0.1, -0.05) is 12.1 Å². The van der Waals surface area contributed by atoms with E-state index in [1.165, 1.54) is 11.8 Å². The molecule has 0 spiro atoms. The van der Waals surface area contributed by atoms with Crippen LogP contribution in [0.1, 0.15) is 15.9 Å². The van der Waals surface area contributed by atoms with Gasteiger partial charge in [-0.05, 0) is 47.7 Å². The molecule has 2 aliphatic rings. The molecular formula is C18H14N4O3S2. The maximum atomic E-state index is 12.5. The Labute approximate surface area is 160 Å². The number of nitriles is 1. The van der Waals surface area contributed by atoms with Crippen LogP contribution in [-0.2, 0) is 16.4 Å². The fraction of sp³-hybridized carbons (Fsp3) is 0.167. The van der Waals surface area contributed by atoms with E-state index in [-0.39, 0.29) is 11.7 Å². The predicted molar refractivity (Wildman–Crippen MR) is 105 cm³/mol. The van der Waals surface area contributed by atoms with Crippen molar-refractivity contribution in [3.63, 3.8) is 0 Å². The van der Waals surface area contributed by atoms with Crippen LogP contribution < -0.4 is 10.2 Å². The van der Waals surface area contributed by atoms with Crippen molar-refractivity contribution in [2.75, 3.05) is 22.5 Å². The SMILES string of the molecule is N#CCc1ccc(NC(=O)c2ccc3c(c2)SC2=NS(=O)(=O)CCN23)cc1. The fourth-order valence-electron chi connectivity index (χ4n) is 2.87. The number of hydrogen-bond donors (Lipinski definition) is 1. The normalized spacial score (nSPS) is 16.7. The van der Waals surface area contributed by atoms with Crippen LogP contribution in [0, 0.1) is 11.3 Å². The monoisotopic (exact) mass is 398 g/mol. The van der Waals surface area contributed by atoms with Crippen molar-refractivity contribution in [1.82, 2.24) is 0 Å². The molecule has 136 valence electrons. The molecule has 2 aliphatic heterocycles. The number of rotatable bonds is 3. The highest BCUT2D eigenvalue weighted by atomic mass is 32.2. The van der Waals surface area contributed by atoms with E-state index >= 15 is 0 Å². The molecule has 1 N–H and O–H groups in total. The molecule has 0 unspecified atom stereocenters. The Balaban J connectivity index is 1.53. The summed E-state index contributed by atoms with van der Waals surface area (Å²) in [7, 11) is -3.40. The minimum absolute atomic E-state index is 0.0134. The maximum Gasteiger partial charge on any atom is 0.257 e. The summed E-state index contributed by atoms with van der Waals surface area (Å²) in [6, 6.07) is 14.5. The molecule has 0 saturated heterocycles. The van der Waals surface area contributed by atoms with Crippen LogP contribution in [0.15, 0.2) is 51.8 Å². The first-order valence-corrected chi connectivity index (χ1v) is 10.6. The number of thioether (sulfide) groups is 1. The first-order chi connectivity index (χ1) is 12.9. The van der Waals surface area contributed by atoms with Gasteiger partial charge in [0.1, 0.15) is 0 Å². The van der Waals surface area contributed by atoms with E-state index in [1.54, 1.807) is 36.4 Å². The molecule has 0 radical (unpaired) electrons. The number of amides is 1. The second-order valence-electron chi connectivity index (χ2n) is 6.08. The number of carbonyl (C=O) groups excluding carboxylic acids is 1. The molecule has 0 saturated carbocycles. The van der Waals surface area contributed by atoms with E-state index in [1.807, 2.05) is 11.0 Å². The van der Waals surface area contributed by atoms with Gasteiger partial charge in [0, 0.05) is 22.7 Å². The number of nitrogens with one attached hydrogen (secondary N) is 1. The molecule has 0 bridgehead atoms. The molecule has 0 aromatic heterocycles. The third kappa shape index (κ3) is 3.54. The van der Waals surface area contributed by atoms with Gasteiger partial charge >= 0.3 is 0 Å². The molecule has 0 aliphatic carbocycles. The van der Waals surface area contributed by atoms with Gasteiger partial charge in [0.2, 0.25) is 0 Å². The van der Waals surface area contributed by atoms with Crippen LogP contribution in [0.5, 0.6) is 0 Å². The smallest absolute Gasteiger partial charge is 0.257 e. The van der Waals surface area contributed by atoms with Crippen LogP contribution in [0.2, 0.25) is 0 Å². The molecule has 0 atom stereocenters. The van der Waals surface area contributed by atoms with Gasteiger partial charge < -0.3 is 10.2 Å². The molecule has 2 aromatic rings. The van der Waals surface area contributed by atoms with E-state index in [4.69, 9.17) is 5.26 Å². The lowest BCUT2D eigenvalue weighted by Crippen LogP contribution is -2.35. The highest BCUT2D eigenvalue weighted by Crippen LogP contribution is 2.42. The van der Waals surface area contributed by atoms with E-state index in [9.17, 15) is 13.2 Å². The molecule has 27 heavy (non-hydrogen) atoms. The van der Waals surface area contributed by atoms with Crippen LogP contribution in [0.3, 0.4) is 0 Å². The van der Waals surface area contributed by atoms with Crippen molar-refractivity contribution in [3.8, 4) is 6.07 Å². The summed E-state index contributed by atoms with van der Waals surface area (Å²) in [5, 5.41) is 12.0. The fourth-order valence-corrected chi connectivity index (χ4v) is 5.17. The number of carbonyl (C=O) groups is 1. The van der Waals surface area contributed by atoms with Crippen molar-refractivity contribution in [1.29, 1.82) is 5.26 Å². The number of amidine groups is 1. The number of nitrogens with zero attached hydrogens (tertiary/aromatic N) is 3. The Morgan fingerprint density at radius 2 is 2.04 bits per heavy atom. The largest absolute Gasteiger partial charge is 0.322 e. The summed E-state index contributed by atoms with van der Waals surface area (Å²) in [5.41, 5.74) is 2.87. The lowest BCUT2D eigenvalue weighted by molar-refractivity contribution is 0.102. The van der Waals surface area contributed by atoms with E-state index in [2.05, 4.69) is 15.8 Å². The van der Waals surface area contributed by atoms with Gasteiger partial charge in [-0.3, -0.25) is 4.79 Å². The van der Waals surface area contributed by atoms with Crippen molar-refractivity contribution in [3.05, 3.63) is 53.6 Å². The molecule has 7 nitrogen and oxygen atoms in total. The standard InChI is InChI=1S/C18H14N4O3S2/c19-8-7-12-1-4-14(5-2-12)20-17(23)13-3-6-15-16(11-13)26-18-21-27(24,25)10-9-22(15)18/h1-6,11H,7,9-10H2,(H,20,23). The Kier molecular flexibility index (Phi) is 4.37. The topological polar surface area (TPSA) is 103 Å². The molecule has 0 fully saturated rings. The lowest BCUT2D eigenvalue weighted by atomic mass is 10.1. The molecular weight excluding hydrogens is 384 g/mol. The maximum absolute atomic E-state index is 12.5. The second kappa shape index (κ2) is 6.72. The Bertz CT molecular complexity index is 1100. The summed E-state index contributed by atoms with van der Waals surface area (Å²) in [5.74, 6) is -0.272. The number of sulfonamides is 1. The van der Waals surface area contributed by atoms with Gasteiger partial charge in [-0.25, -0.2) is 8.42 Å². The summed E-state index contributed by atoms with van der Waals surface area (Å²) in [6.07, 6.45) is 0.326. The molecule has 1 amide bonds. The Morgan fingerprint density at radius 1 is 1.26 bits per heavy atom. The summed E-state index contributed by atoms with van der Waals surface area (Å²) >= 11 is 1.25. The second-order valence-corrected chi connectivity index (χ2v) is 8.85. The van der Waals surface area contributed by atoms with Gasteiger partial charge in [0.05, 0.1) is 23.9 Å². The average Bonchev–Trinajstić information content (AvgIpc) is 2.98. The first kappa shape index (κ1) is 17.6.